The Kier molecular flexibility index (Phi) is 7.76. The molecule has 0 saturated heterocycles. The summed E-state index contributed by atoms with van der Waals surface area (Å²) in [5, 5.41) is 3.49. The predicted molar refractivity (Wildman–Crippen MR) is 63.8 cm³/mol. The lowest BCUT2D eigenvalue weighted by Gasteiger charge is -2.35. The molecular weight excluding hydrogens is 206 g/mol. The van der Waals surface area contributed by atoms with Crippen LogP contribution in [0.25, 0.3) is 0 Å². The van der Waals surface area contributed by atoms with E-state index in [1.165, 1.54) is 6.42 Å². The van der Waals surface area contributed by atoms with Gasteiger partial charge in [0.25, 0.3) is 0 Å². The average Bonchev–Trinajstić information content (AvgIpc) is 2.24. The van der Waals surface area contributed by atoms with Crippen molar-refractivity contribution in [2.45, 2.75) is 38.3 Å². The van der Waals surface area contributed by atoms with Crippen LogP contribution in [0.2, 0.25) is 0 Å². The van der Waals surface area contributed by atoms with E-state index in [2.05, 4.69) is 12.2 Å². The fourth-order valence-corrected chi connectivity index (χ4v) is 1.73. The summed E-state index contributed by atoms with van der Waals surface area (Å²) in [7, 11) is 1.68. The molecule has 0 amide bonds. The van der Waals surface area contributed by atoms with E-state index in [1.54, 1.807) is 7.11 Å². The minimum absolute atomic E-state index is 0.445. The second-order valence-electron chi connectivity index (χ2n) is 4.22. The number of ether oxygens (including phenoxy) is 3. The molecule has 0 radical (unpaired) electrons. The Morgan fingerprint density at radius 3 is 2.56 bits per heavy atom. The normalized spacial score (nSPS) is 24.4. The topological polar surface area (TPSA) is 39.7 Å². The van der Waals surface area contributed by atoms with Gasteiger partial charge in [0.05, 0.1) is 32.5 Å². The van der Waals surface area contributed by atoms with Gasteiger partial charge in [-0.2, -0.15) is 0 Å². The molecule has 16 heavy (non-hydrogen) atoms. The van der Waals surface area contributed by atoms with Gasteiger partial charge in [0.2, 0.25) is 0 Å². The van der Waals surface area contributed by atoms with E-state index >= 15 is 0 Å². The summed E-state index contributed by atoms with van der Waals surface area (Å²) >= 11 is 0. The fraction of sp³-hybridized carbons (Fsp3) is 1.00. The first-order valence-electron chi connectivity index (χ1n) is 6.28. The first-order chi connectivity index (χ1) is 7.86. The van der Waals surface area contributed by atoms with E-state index in [0.717, 1.165) is 19.4 Å². The molecule has 0 aromatic carbocycles. The Morgan fingerprint density at radius 2 is 1.88 bits per heavy atom. The first kappa shape index (κ1) is 13.9. The van der Waals surface area contributed by atoms with Gasteiger partial charge in [0.1, 0.15) is 0 Å². The molecule has 1 N–H and O–H groups in total. The van der Waals surface area contributed by atoms with Gasteiger partial charge >= 0.3 is 0 Å². The van der Waals surface area contributed by atoms with Crippen LogP contribution in [0.4, 0.5) is 0 Å². The summed E-state index contributed by atoms with van der Waals surface area (Å²) in [5.74, 6) is 0. The van der Waals surface area contributed by atoms with Gasteiger partial charge in [-0.3, -0.25) is 0 Å². The van der Waals surface area contributed by atoms with E-state index in [9.17, 15) is 0 Å². The predicted octanol–water partition coefficient (Wildman–Crippen LogP) is 1.20. The Labute approximate surface area is 98.6 Å². The Balaban J connectivity index is 1.79. The number of hydrogen-bond acceptors (Lipinski definition) is 4. The molecule has 0 aromatic heterocycles. The van der Waals surface area contributed by atoms with E-state index < -0.39 is 0 Å². The quantitative estimate of drug-likeness (QED) is 0.573. The molecule has 0 bridgehead atoms. The van der Waals surface area contributed by atoms with E-state index in [1.807, 2.05) is 0 Å². The molecule has 1 fully saturated rings. The molecule has 0 aliphatic heterocycles. The van der Waals surface area contributed by atoms with Gasteiger partial charge in [-0.15, -0.1) is 0 Å². The highest BCUT2D eigenvalue weighted by atomic mass is 16.5. The molecule has 0 heterocycles. The molecule has 0 spiro atoms. The van der Waals surface area contributed by atoms with Gasteiger partial charge in [-0.25, -0.2) is 0 Å². The van der Waals surface area contributed by atoms with Crippen molar-refractivity contribution >= 4 is 0 Å². The summed E-state index contributed by atoms with van der Waals surface area (Å²) in [6, 6.07) is 0.680. The molecule has 1 aliphatic rings. The summed E-state index contributed by atoms with van der Waals surface area (Å²) in [5.41, 5.74) is 0. The largest absolute Gasteiger partial charge is 0.382 e. The number of nitrogens with one attached hydrogen (secondary N) is 1. The second-order valence-corrected chi connectivity index (χ2v) is 4.22. The number of hydrogen-bond donors (Lipinski definition) is 1. The SMILES string of the molecule is CCCNC1CC(OCCOCCOC)C1. The van der Waals surface area contributed by atoms with Gasteiger partial charge in [0, 0.05) is 13.2 Å². The highest BCUT2D eigenvalue weighted by Gasteiger charge is 2.28. The van der Waals surface area contributed by atoms with Crippen LogP contribution in [0.1, 0.15) is 26.2 Å². The maximum Gasteiger partial charge on any atom is 0.0704 e. The summed E-state index contributed by atoms with van der Waals surface area (Å²) in [4.78, 5) is 0. The number of rotatable bonds is 10. The van der Waals surface area contributed by atoms with Crippen molar-refractivity contribution in [3.8, 4) is 0 Å². The third-order valence-electron chi connectivity index (χ3n) is 2.79. The van der Waals surface area contributed by atoms with Crippen LogP contribution in [-0.4, -0.2) is 52.2 Å². The third kappa shape index (κ3) is 5.80. The monoisotopic (exact) mass is 231 g/mol. The molecule has 1 aliphatic carbocycles. The zero-order valence-electron chi connectivity index (χ0n) is 10.5. The zero-order chi connectivity index (χ0) is 11.6. The molecule has 0 atom stereocenters. The highest BCUT2D eigenvalue weighted by molar-refractivity contribution is 4.85. The molecule has 1 rings (SSSR count). The average molecular weight is 231 g/mol. The smallest absolute Gasteiger partial charge is 0.0704 e. The third-order valence-corrected chi connectivity index (χ3v) is 2.79. The standard InChI is InChI=1S/C12H25NO3/c1-3-4-13-11-9-12(10-11)16-8-7-15-6-5-14-2/h11-13H,3-10H2,1-2H3. The van der Waals surface area contributed by atoms with Crippen molar-refractivity contribution < 1.29 is 14.2 Å². The summed E-state index contributed by atoms with van der Waals surface area (Å²) < 4.78 is 15.9. The van der Waals surface area contributed by atoms with Gasteiger partial charge in [-0.1, -0.05) is 6.92 Å². The van der Waals surface area contributed by atoms with Gasteiger partial charge < -0.3 is 19.5 Å². The molecule has 1 saturated carbocycles. The van der Waals surface area contributed by atoms with Crippen LogP contribution < -0.4 is 5.32 Å². The van der Waals surface area contributed by atoms with Crippen molar-refractivity contribution in [2.75, 3.05) is 40.1 Å². The lowest BCUT2D eigenvalue weighted by Crippen LogP contribution is -2.45. The Morgan fingerprint density at radius 1 is 1.12 bits per heavy atom. The van der Waals surface area contributed by atoms with Crippen molar-refractivity contribution in [3.05, 3.63) is 0 Å². The van der Waals surface area contributed by atoms with Crippen LogP contribution in [0, 0.1) is 0 Å². The minimum Gasteiger partial charge on any atom is -0.382 e. The summed E-state index contributed by atoms with van der Waals surface area (Å²) in [6.45, 7) is 6.01. The second kappa shape index (κ2) is 8.93. The van der Waals surface area contributed by atoms with Crippen LogP contribution >= 0.6 is 0 Å². The van der Waals surface area contributed by atoms with Crippen LogP contribution in [0.5, 0.6) is 0 Å². The Bertz CT molecular complexity index is 160. The fourth-order valence-electron chi connectivity index (χ4n) is 1.73. The van der Waals surface area contributed by atoms with Crippen molar-refractivity contribution in [1.82, 2.24) is 5.32 Å². The maximum atomic E-state index is 5.66. The zero-order valence-corrected chi connectivity index (χ0v) is 10.5. The van der Waals surface area contributed by atoms with Crippen LogP contribution in [-0.2, 0) is 14.2 Å². The first-order valence-corrected chi connectivity index (χ1v) is 6.28. The van der Waals surface area contributed by atoms with E-state index in [4.69, 9.17) is 14.2 Å². The van der Waals surface area contributed by atoms with Crippen LogP contribution in [0.15, 0.2) is 0 Å². The lowest BCUT2D eigenvalue weighted by molar-refractivity contribution is -0.0460. The number of methoxy groups -OCH3 is 1. The van der Waals surface area contributed by atoms with E-state index in [-0.39, 0.29) is 0 Å². The van der Waals surface area contributed by atoms with Crippen molar-refractivity contribution in [3.63, 3.8) is 0 Å². The molecular formula is C12H25NO3. The molecule has 4 heteroatoms. The molecule has 0 aromatic rings. The summed E-state index contributed by atoms with van der Waals surface area (Å²) in [6.07, 6.45) is 3.95. The lowest BCUT2D eigenvalue weighted by atomic mass is 9.89. The Hall–Kier alpha value is -0.160. The van der Waals surface area contributed by atoms with Crippen molar-refractivity contribution in [1.29, 1.82) is 0 Å². The minimum atomic E-state index is 0.445. The van der Waals surface area contributed by atoms with Gasteiger partial charge in [-0.05, 0) is 25.8 Å². The maximum absolute atomic E-state index is 5.66. The molecule has 4 nitrogen and oxygen atoms in total. The van der Waals surface area contributed by atoms with E-state index in [0.29, 0.717) is 38.6 Å². The molecule has 96 valence electrons. The van der Waals surface area contributed by atoms with Crippen LogP contribution in [0.3, 0.4) is 0 Å². The highest BCUT2D eigenvalue weighted by Crippen LogP contribution is 2.22. The molecule has 0 unspecified atom stereocenters. The van der Waals surface area contributed by atoms with Crippen molar-refractivity contribution in [2.24, 2.45) is 0 Å². The van der Waals surface area contributed by atoms with Gasteiger partial charge in [0.15, 0.2) is 0 Å².